The van der Waals surface area contributed by atoms with Gasteiger partial charge in [0.1, 0.15) is 5.75 Å². The molecule has 0 aliphatic carbocycles. The molecule has 0 spiro atoms. The lowest BCUT2D eigenvalue weighted by Crippen LogP contribution is -2.28. The van der Waals surface area contributed by atoms with Crippen LogP contribution in [-0.4, -0.2) is 33.6 Å². The van der Waals surface area contributed by atoms with Crippen molar-refractivity contribution in [2.75, 3.05) is 25.2 Å². The molecular formula is C13H21NO3S. The van der Waals surface area contributed by atoms with E-state index in [2.05, 4.69) is 5.32 Å². The fourth-order valence-electron chi connectivity index (χ4n) is 1.73. The predicted molar refractivity (Wildman–Crippen MR) is 73.7 cm³/mol. The first-order chi connectivity index (χ1) is 8.52. The molecule has 0 saturated heterocycles. The molecule has 1 N–H and O–H groups in total. The lowest BCUT2D eigenvalue weighted by molar-refractivity contribution is 0.414. The van der Waals surface area contributed by atoms with E-state index in [-0.39, 0.29) is 17.5 Å². The Hall–Kier alpha value is -1.07. The van der Waals surface area contributed by atoms with Gasteiger partial charge in [0, 0.05) is 11.8 Å². The number of benzene rings is 1. The summed E-state index contributed by atoms with van der Waals surface area (Å²) in [4.78, 5) is 0. The molecule has 0 amide bonds. The third kappa shape index (κ3) is 4.31. The van der Waals surface area contributed by atoms with E-state index in [4.69, 9.17) is 4.74 Å². The van der Waals surface area contributed by atoms with E-state index >= 15 is 0 Å². The number of hydrogen-bond donors (Lipinski definition) is 1. The van der Waals surface area contributed by atoms with Gasteiger partial charge >= 0.3 is 0 Å². The highest BCUT2D eigenvalue weighted by Crippen LogP contribution is 2.19. The Morgan fingerprint density at radius 2 is 1.83 bits per heavy atom. The van der Waals surface area contributed by atoms with Crippen molar-refractivity contribution in [3.63, 3.8) is 0 Å². The Morgan fingerprint density at radius 3 is 2.28 bits per heavy atom. The largest absolute Gasteiger partial charge is 0.497 e. The summed E-state index contributed by atoms with van der Waals surface area (Å²) >= 11 is 0. The van der Waals surface area contributed by atoms with Gasteiger partial charge in [-0.05, 0) is 24.2 Å². The first kappa shape index (κ1) is 15.0. The van der Waals surface area contributed by atoms with Crippen molar-refractivity contribution in [2.24, 2.45) is 0 Å². The molecule has 0 aliphatic rings. The van der Waals surface area contributed by atoms with Gasteiger partial charge in [-0.15, -0.1) is 0 Å². The van der Waals surface area contributed by atoms with E-state index in [9.17, 15) is 8.42 Å². The highest BCUT2D eigenvalue weighted by Gasteiger charge is 2.18. The maximum atomic E-state index is 11.7. The van der Waals surface area contributed by atoms with Crippen molar-refractivity contribution in [2.45, 2.75) is 19.9 Å². The maximum Gasteiger partial charge on any atom is 0.151 e. The lowest BCUT2D eigenvalue weighted by atomic mass is 10.1. The van der Waals surface area contributed by atoms with Crippen LogP contribution in [0.2, 0.25) is 0 Å². The Morgan fingerprint density at radius 1 is 1.22 bits per heavy atom. The number of sulfone groups is 1. The second-order valence-electron chi connectivity index (χ2n) is 4.08. The summed E-state index contributed by atoms with van der Waals surface area (Å²) in [6, 6.07) is 7.33. The maximum absolute atomic E-state index is 11.7. The summed E-state index contributed by atoms with van der Waals surface area (Å²) < 4.78 is 28.5. The molecule has 18 heavy (non-hydrogen) atoms. The zero-order valence-electron chi connectivity index (χ0n) is 11.1. The van der Waals surface area contributed by atoms with Crippen molar-refractivity contribution in [3.05, 3.63) is 29.8 Å². The number of methoxy groups -OCH3 is 1. The van der Waals surface area contributed by atoms with Gasteiger partial charge in [0.2, 0.25) is 0 Å². The zero-order valence-corrected chi connectivity index (χ0v) is 12.0. The third-order valence-corrected chi connectivity index (χ3v) is 4.55. The van der Waals surface area contributed by atoms with Gasteiger partial charge < -0.3 is 10.1 Å². The van der Waals surface area contributed by atoms with Gasteiger partial charge in [0.15, 0.2) is 9.84 Å². The van der Waals surface area contributed by atoms with Gasteiger partial charge in [-0.3, -0.25) is 0 Å². The van der Waals surface area contributed by atoms with E-state index < -0.39 is 9.84 Å². The molecule has 0 aliphatic heterocycles. The summed E-state index contributed by atoms with van der Waals surface area (Å²) in [6.07, 6.45) is 0. The van der Waals surface area contributed by atoms with Crippen LogP contribution >= 0.6 is 0 Å². The molecule has 0 heterocycles. The molecule has 1 atom stereocenters. The highest BCUT2D eigenvalue weighted by atomic mass is 32.2. The van der Waals surface area contributed by atoms with Crippen LogP contribution in [0.25, 0.3) is 0 Å². The minimum absolute atomic E-state index is 0.129. The molecule has 0 saturated carbocycles. The molecule has 1 aromatic rings. The fourth-order valence-corrected chi connectivity index (χ4v) is 2.78. The van der Waals surface area contributed by atoms with E-state index in [1.807, 2.05) is 31.2 Å². The molecule has 4 nitrogen and oxygen atoms in total. The minimum Gasteiger partial charge on any atom is -0.497 e. The van der Waals surface area contributed by atoms with Gasteiger partial charge in [-0.2, -0.15) is 0 Å². The van der Waals surface area contributed by atoms with E-state index in [1.165, 1.54) is 0 Å². The SMILES string of the molecule is CCNC(CS(=O)(=O)CC)c1ccc(OC)cc1. The van der Waals surface area contributed by atoms with E-state index in [0.717, 1.165) is 17.9 Å². The van der Waals surface area contributed by atoms with Gasteiger partial charge in [-0.1, -0.05) is 26.0 Å². The fraction of sp³-hybridized carbons (Fsp3) is 0.538. The lowest BCUT2D eigenvalue weighted by Gasteiger charge is -2.18. The van der Waals surface area contributed by atoms with Crippen molar-refractivity contribution in [3.8, 4) is 5.75 Å². The Kier molecular flexibility index (Phi) is 5.62. The highest BCUT2D eigenvalue weighted by molar-refractivity contribution is 7.91. The summed E-state index contributed by atoms with van der Waals surface area (Å²) in [5.41, 5.74) is 0.967. The van der Waals surface area contributed by atoms with Crippen LogP contribution in [-0.2, 0) is 9.84 Å². The van der Waals surface area contributed by atoms with Gasteiger partial charge in [-0.25, -0.2) is 8.42 Å². The number of ether oxygens (including phenoxy) is 1. The second-order valence-corrected chi connectivity index (χ2v) is 6.48. The van der Waals surface area contributed by atoms with Crippen molar-refractivity contribution >= 4 is 9.84 Å². The Bertz CT molecular complexity index is 454. The Labute approximate surface area is 109 Å². The van der Waals surface area contributed by atoms with Crippen LogP contribution in [0.4, 0.5) is 0 Å². The quantitative estimate of drug-likeness (QED) is 0.821. The van der Waals surface area contributed by atoms with Crippen LogP contribution in [0.15, 0.2) is 24.3 Å². The van der Waals surface area contributed by atoms with Crippen LogP contribution in [0.3, 0.4) is 0 Å². The van der Waals surface area contributed by atoms with Crippen molar-refractivity contribution in [1.29, 1.82) is 0 Å². The molecule has 0 radical (unpaired) electrons. The zero-order chi connectivity index (χ0) is 13.6. The first-order valence-corrected chi connectivity index (χ1v) is 7.92. The van der Waals surface area contributed by atoms with Crippen molar-refractivity contribution in [1.82, 2.24) is 5.32 Å². The third-order valence-electron chi connectivity index (χ3n) is 2.83. The molecule has 0 aromatic heterocycles. The molecule has 1 aromatic carbocycles. The summed E-state index contributed by atoms with van der Waals surface area (Å²) in [5.74, 6) is 1.07. The molecule has 102 valence electrons. The topological polar surface area (TPSA) is 55.4 Å². The predicted octanol–water partition coefficient (Wildman–Crippen LogP) is 1.78. The van der Waals surface area contributed by atoms with Crippen molar-refractivity contribution < 1.29 is 13.2 Å². The van der Waals surface area contributed by atoms with Crippen LogP contribution in [0, 0.1) is 0 Å². The monoisotopic (exact) mass is 271 g/mol. The number of nitrogens with one attached hydrogen (secondary N) is 1. The minimum atomic E-state index is -3.00. The molecule has 1 unspecified atom stereocenters. The number of rotatable bonds is 7. The molecule has 0 fully saturated rings. The second kappa shape index (κ2) is 6.75. The smallest absolute Gasteiger partial charge is 0.151 e. The normalized spacial score (nSPS) is 13.3. The van der Waals surface area contributed by atoms with E-state index in [1.54, 1.807) is 14.0 Å². The molecule has 5 heteroatoms. The summed E-state index contributed by atoms with van der Waals surface area (Å²) in [7, 11) is -1.39. The molecule has 1 rings (SSSR count). The van der Waals surface area contributed by atoms with Gasteiger partial charge in [0.05, 0.1) is 12.9 Å². The number of hydrogen-bond acceptors (Lipinski definition) is 4. The Balaban J connectivity index is 2.89. The first-order valence-electron chi connectivity index (χ1n) is 6.10. The average molecular weight is 271 g/mol. The standard InChI is InChI=1S/C13H21NO3S/c1-4-14-13(10-18(15,16)5-2)11-6-8-12(17-3)9-7-11/h6-9,13-14H,4-5,10H2,1-3H3. The van der Waals surface area contributed by atoms with Crippen LogP contribution in [0.5, 0.6) is 5.75 Å². The molecule has 0 bridgehead atoms. The van der Waals surface area contributed by atoms with Crippen LogP contribution in [0.1, 0.15) is 25.5 Å². The summed E-state index contributed by atoms with van der Waals surface area (Å²) in [5, 5.41) is 3.21. The van der Waals surface area contributed by atoms with Crippen LogP contribution < -0.4 is 10.1 Å². The molecular weight excluding hydrogens is 250 g/mol. The van der Waals surface area contributed by atoms with Gasteiger partial charge in [0.25, 0.3) is 0 Å². The average Bonchev–Trinajstić information content (AvgIpc) is 2.38. The van der Waals surface area contributed by atoms with E-state index in [0.29, 0.717) is 0 Å². The summed E-state index contributed by atoms with van der Waals surface area (Å²) in [6.45, 7) is 4.37.